The van der Waals surface area contributed by atoms with Gasteiger partial charge >= 0.3 is 26.2 Å². The third kappa shape index (κ3) is 15.7. The summed E-state index contributed by atoms with van der Waals surface area (Å²) in [5.74, 6) is 0. The van der Waals surface area contributed by atoms with E-state index in [1.165, 1.54) is 0 Å². The molecule has 1 radical (unpaired) electrons. The van der Waals surface area contributed by atoms with E-state index >= 15 is 0 Å². The van der Waals surface area contributed by atoms with E-state index in [-0.39, 0.29) is 26.2 Å². The van der Waals surface area contributed by atoms with Gasteiger partial charge in [0.15, 0.2) is 0 Å². The molecule has 0 heterocycles. The Bertz CT molecular complexity index is 61.2. The zero-order chi connectivity index (χ0) is 7.54. The van der Waals surface area contributed by atoms with Crippen molar-refractivity contribution in [3.05, 3.63) is 44.2 Å². The van der Waals surface area contributed by atoms with Gasteiger partial charge in [0.25, 0.3) is 0 Å². The van der Waals surface area contributed by atoms with E-state index in [0.29, 0.717) is 0 Å². The standard InChI is InChI=1S/C5H5.2C2H5.Zr/c1-2-4-5-3-1;2*1-2;/h1-5H;2*1H2,2H3;/q3*-1;+3. The van der Waals surface area contributed by atoms with Crippen molar-refractivity contribution in [1.29, 1.82) is 0 Å². The Morgan fingerprint density at radius 3 is 1.30 bits per heavy atom. The van der Waals surface area contributed by atoms with Gasteiger partial charge in [0.2, 0.25) is 0 Å². The molecule has 1 heteroatoms. The molecule has 0 aliphatic rings. The van der Waals surface area contributed by atoms with Crippen molar-refractivity contribution in [2.45, 2.75) is 13.8 Å². The zero-order valence-corrected chi connectivity index (χ0v) is 9.26. The minimum absolute atomic E-state index is 0. The van der Waals surface area contributed by atoms with Gasteiger partial charge in [0.1, 0.15) is 0 Å². The Morgan fingerprint density at radius 1 is 0.900 bits per heavy atom. The van der Waals surface area contributed by atoms with Crippen LogP contribution in [0.1, 0.15) is 13.8 Å². The van der Waals surface area contributed by atoms with Crippen molar-refractivity contribution in [3.8, 4) is 0 Å². The number of hydrogen-bond acceptors (Lipinski definition) is 0. The quantitative estimate of drug-likeness (QED) is 0.582. The van der Waals surface area contributed by atoms with Crippen LogP contribution in [-0.4, -0.2) is 0 Å². The molecule has 0 nitrogen and oxygen atoms in total. The van der Waals surface area contributed by atoms with E-state index in [4.69, 9.17) is 0 Å². The van der Waals surface area contributed by atoms with Crippen molar-refractivity contribution in [2.24, 2.45) is 0 Å². The van der Waals surface area contributed by atoms with E-state index in [1.54, 1.807) is 13.8 Å². The second-order valence-corrected chi connectivity index (χ2v) is 0.962. The monoisotopic (exact) mass is 213 g/mol. The van der Waals surface area contributed by atoms with Gasteiger partial charge in [-0.15, -0.1) is 0 Å². The summed E-state index contributed by atoms with van der Waals surface area (Å²) < 4.78 is 0. The third-order valence-electron chi connectivity index (χ3n) is 0.556. The smallest absolute Gasteiger partial charge is 0.346 e. The third-order valence-corrected chi connectivity index (χ3v) is 0.556. The van der Waals surface area contributed by atoms with Gasteiger partial charge in [-0.3, -0.25) is 0 Å². The minimum Gasteiger partial charge on any atom is -0.346 e. The molecule has 0 amide bonds. The summed E-state index contributed by atoms with van der Waals surface area (Å²) in [6, 6.07) is 10.0. The molecule has 0 atom stereocenters. The molecule has 0 bridgehead atoms. The fourth-order valence-electron chi connectivity index (χ4n) is 0.321. The SMILES string of the molecule is [CH2-]C.[CH2-]C.[Zr+3].c1cc[cH-]c1. The van der Waals surface area contributed by atoms with Gasteiger partial charge in [-0.1, -0.05) is 0 Å². The Hall–Kier alpha value is 0.233. The van der Waals surface area contributed by atoms with Crippen LogP contribution >= 0.6 is 0 Å². The Balaban J connectivity index is -0.0000000875. The van der Waals surface area contributed by atoms with Crippen LogP contribution in [0.3, 0.4) is 0 Å². The molecule has 55 valence electrons. The van der Waals surface area contributed by atoms with E-state index < -0.39 is 0 Å². The molecule has 0 fully saturated rings. The van der Waals surface area contributed by atoms with Crippen LogP contribution in [0.25, 0.3) is 0 Å². The van der Waals surface area contributed by atoms with Crippen LogP contribution in [0.5, 0.6) is 0 Å². The fraction of sp³-hybridized carbons (Fsp3) is 0.222. The van der Waals surface area contributed by atoms with Gasteiger partial charge in [0, 0.05) is 0 Å². The van der Waals surface area contributed by atoms with Crippen LogP contribution in [0.4, 0.5) is 0 Å². The predicted molar refractivity (Wildman–Crippen MR) is 44.1 cm³/mol. The first-order valence-corrected chi connectivity index (χ1v) is 3.08. The largest absolute Gasteiger partial charge is 3.00 e. The second-order valence-electron chi connectivity index (χ2n) is 0.962. The van der Waals surface area contributed by atoms with E-state index in [9.17, 15) is 0 Å². The number of hydrogen-bond donors (Lipinski definition) is 0. The average molecular weight is 214 g/mol. The summed E-state index contributed by atoms with van der Waals surface area (Å²) in [6.45, 7) is 10.0. The molecule has 1 aromatic carbocycles. The van der Waals surface area contributed by atoms with Crippen LogP contribution in [0.15, 0.2) is 30.3 Å². The van der Waals surface area contributed by atoms with E-state index in [2.05, 4.69) is 13.8 Å². The normalized spacial score (nSPS) is 5.20. The molecular weight excluding hydrogens is 199 g/mol. The van der Waals surface area contributed by atoms with Crippen LogP contribution in [-0.2, 0) is 26.2 Å². The van der Waals surface area contributed by atoms with Gasteiger partial charge in [-0.25, -0.2) is 12.1 Å². The first kappa shape index (κ1) is 16.7. The molecule has 10 heavy (non-hydrogen) atoms. The van der Waals surface area contributed by atoms with Gasteiger partial charge < -0.3 is 13.8 Å². The Kier molecular flexibility index (Phi) is 38.1. The molecular formula is C9H15Zr. The van der Waals surface area contributed by atoms with E-state index in [1.807, 2.05) is 30.3 Å². The van der Waals surface area contributed by atoms with Gasteiger partial charge in [-0.2, -0.15) is 32.0 Å². The van der Waals surface area contributed by atoms with Crippen molar-refractivity contribution >= 4 is 0 Å². The van der Waals surface area contributed by atoms with E-state index in [0.717, 1.165) is 0 Å². The summed E-state index contributed by atoms with van der Waals surface area (Å²) in [5, 5.41) is 0. The first-order valence-electron chi connectivity index (χ1n) is 3.08. The first-order chi connectivity index (χ1) is 4.50. The molecule has 0 saturated carbocycles. The Labute approximate surface area is 84.1 Å². The summed E-state index contributed by atoms with van der Waals surface area (Å²) in [7, 11) is 0. The fourth-order valence-corrected chi connectivity index (χ4v) is 0.321. The molecule has 0 unspecified atom stereocenters. The molecule has 1 rings (SSSR count). The second kappa shape index (κ2) is 22.9. The summed E-state index contributed by atoms with van der Waals surface area (Å²) in [5.41, 5.74) is 0. The maximum absolute atomic E-state index is 3.25. The Morgan fingerprint density at radius 2 is 1.20 bits per heavy atom. The van der Waals surface area contributed by atoms with Crippen LogP contribution < -0.4 is 0 Å². The molecule has 0 N–H and O–H groups in total. The molecule has 0 spiro atoms. The zero-order valence-electron chi connectivity index (χ0n) is 6.80. The summed E-state index contributed by atoms with van der Waals surface area (Å²) in [4.78, 5) is 0. The summed E-state index contributed by atoms with van der Waals surface area (Å²) in [6.07, 6.45) is 0. The molecule has 0 saturated heterocycles. The maximum atomic E-state index is 3.25. The van der Waals surface area contributed by atoms with Crippen molar-refractivity contribution < 1.29 is 26.2 Å². The molecule has 1 aromatic rings. The molecule has 0 aliphatic heterocycles. The minimum atomic E-state index is 0. The van der Waals surface area contributed by atoms with Gasteiger partial charge in [0.05, 0.1) is 0 Å². The molecule has 0 aliphatic carbocycles. The number of rotatable bonds is 0. The van der Waals surface area contributed by atoms with Crippen molar-refractivity contribution in [2.75, 3.05) is 0 Å². The maximum Gasteiger partial charge on any atom is 3.00 e. The average Bonchev–Trinajstić information content (AvgIpc) is 2.51. The predicted octanol–water partition coefficient (Wildman–Crippen LogP) is 3.08. The topological polar surface area (TPSA) is 0 Å². The van der Waals surface area contributed by atoms with Crippen molar-refractivity contribution in [3.63, 3.8) is 0 Å². The summed E-state index contributed by atoms with van der Waals surface area (Å²) >= 11 is 0. The van der Waals surface area contributed by atoms with Gasteiger partial charge in [-0.05, 0) is 0 Å². The molecule has 0 aromatic heterocycles. The van der Waals surface area contributed by atoms with Crippen LogP contribution in [0, 0.1) is 13.8 Å². The van der Waals surface area contributed by atoms with Crippen molar-refractivity contribution in [1.82, 2.24) is 0 Å². The van der Waals surface area contributed by atoms with Crippen LogP contribution in [0.2, 0.25) is 0 Å².